The predicted molar refractivity (Wildman–Crippen MR) is 91.3 cm³/mol. The zero-order valence-electron chi connectivity index (χ0n) is 11.5. The second-order valence-corrected chi connectivity index (χ2v) is 5.22. The van der Waals surface area contributed by atoms with Gasteiger partial charge in [0.25, 0.3) is 0 Å². The minimum Gasteiger partial charge on any atom is -0.0837 e. The van der Waals surface area contributed by atoms with Gasteiger partial charge in [-0.05, 0) is 34.4 Å². The molecule has 0 amide bonds. The van der Waals surface area contributed by atoms with Gasteiger partial charge in [-0.1, -0.05) is 90.5 Å². The summed E-state index contributed by atoms with van der Waals surface area (Å²) in [7, 11) is 0. The van der Waals surface area contributed by atoms with E-state index in [2.05, 4.69) is 54.6 Å². The van der Waals surface area contributed by atoms with E-state index in [0.29, 0.717) is 0 Å². The van der Waals surface area contributed by atoms with E-state index in [1.54, 1.807) is 0 Å². The number of hydrogen-bond acceptors (Lipinski definition) is 0. The fourth-order valence-corrected chi connectivity index (χ4v) is 2.51. The molecule has 3 aromatic carbocycles. The van der Waals surface area contributed by atoms with Gasteiger partial charge in [-0.25, -0.2) is 0 Å². The molecular weight excluding hydrogens is 276 g/mol. The molecule has 0 saturated heterocycles. The van der Waals surface area contributed by atoms with Crippen molar-refractivity contribution >= 4 is 23.3 Å². The molecule has 0 saturated carbocycles. The van der Waals surface area contributed by atoms with Crippen molar-refractivity contribution in [3.63, 3.8) is 0 Å². The van der Waals surface area contributed by atoms with Crippen LogP contribution in [0.15, 0.2) is 84.9 Å². The van der Waals surface area contributed by atoms with Crippen LogP contribution in [0.1, 0.15) is 16.7 Å². The maximum absolute atomic E-state index is 6.30. The van der Waals surface area contributed by atoms with E-state index in [1.807, 2.05) is 36.4 Å². The van der Waals surface area contributed by atoms with Crippen molar-refractivity contribution in [1.29, 1.82) is 0 Å². The minimum absolute atomic E-state index is 0.766. The summed E-state index contributed by atoms with van der Waals surface area (Å²) in [5.74, 6) is 0. The maximum atomic E-state index is 6.30. The van der Waals surface area contributed by atoms with Crippen molar-refractivity contribution in [3.05, 3.63) is 107 Å². The molecule has 0 aliphatic rings. The van der Waals surface area contributed by atoms with Gasteiger partial charge in [0.15, 0.2) is 0 Å². The molecule has 3 rings (SSSR count). The van der Waals surface area contributed by atoms with Crippen LogP contribution >= 0.6 is 11.6 Å². The van der Waals surface area contributed by atoms with E-state index in [1.165, 1.54) is 16.7 Å². The summed E-state index contributed by atoms with van der Waals surface area (Å²) in [4.78, 5) is 0. The van der Waals surface area contributed by atoms with Gasteiger partial charge < -0.3 is 0 Å². The van der Waals surface area contributed by atoms with E-state index < -0.39 is 0 Å². The van der Waals surface area contributed by atoms with Crippen LogP contribution < -0.4 is 0 Å². The molecule has 0 aliphatic carbocycles. The Bertz CT molecular complexity index is 702. The van der Waals surface area contributed by atoms with Crippen LogP contribution in [0, 0.1) is 0 Å². The van der Waals surface area contributed by atoms with Gasteiger partial charge in [0.2, 0.25) is 0 Å². The minimum atomic E-state index is 0.766. The average Bonchev–Trinajstić information content (AvgIpc) is 2.56. The molecule has 0 radical (unpaired) electrons. The molecule has 0 spiro atoms. The molecule has 0 aromatic heterocycles. The summed E-state index contributed by atoms with van der Waals surface area (Å²) in [6.45, 7) is 0. The maximum Gasteiger partial charge on any atom is 0.0478 e. The van der Waals surface area contributed by atoms with E-state index in [0.717, 1.165) is 10.6 Å². The molecule has 0 atom stereocenters. The zero-order chi connectivity index (χ0) is 14.5. The van der Waals surface area contributed by atoms with Gasteiger partial charge in [0.05, 0.1) is 0 Å². The number of benzene rings is 3. The van der Waals surface area contributed by atoms with Crippen molar-refractivity contribution in [2.45, 2.75) is 0 Å². The topological polar surface area (TPSA) is 0 Å². The summed E-state index contributed by atoms with van der Waals surface area (Å²) in [6, 6.07) is 28.7. The van der Waals surface area contributed by atoms with E-state index in [4.69, 9.17) is 11.6 Å². The lowest BCUT2D eigenvalue weighted by Gasteiger charge is -2.09. The van der Waals surface area contributed by atoms with E-state index in [-0.39, 0.29) is 0 Å². The summed E-state index contributed by atoms with van der Waals surface area (Å²) >= 11 is 6.30. The monoisotopic (exact) mass is 290 g/mol. The third kappa shape index (κ3) is 3.24. The van der Waals surface area contributed by atoms with E-state index >= 15 is 0 Å². The van der Waals surface area contributed by atoms with E-state index in [9.17, 15) is 0 Å². The van der Waals surface area contributed by atoms with Crippen LogP contribution in [0.25, 0.3) is 11.6 Å². The van der Waals surface area contributed by atoms with Crippen molar-refractivity contribution in [2.24, 2.45) is 0 Å². The summed E-state index contributed by atoms with van der Waals surface area (Å²) in [6.07, 6.45) is 2.15. The standard InChI is InChI=1S/C20H15Cl/c21-20-14-8-7-13-18(20)15-19(16-9-3-1-4-10-16)17-11-5-2-6-12-17/h1-15H. The van der Waals surface area contributed by atoms with Gasteiger partial charge >= 0.3 is 0 Å². The first-order valence-electron chi connectivity index (χ1n) is 6.92. The van der Waals surface area contributed by atoms with Gasteiger partial charge in [0, 0.05) is 5.02 Å². The lowest BCUT2D eigenvalue weighted by molar-refractivity contribution is 1.55. The van der Waals surface area contributed by atoms with Gasteiger partial charge in [-0.3, -0.25) is 0 Å². The van der Waals surface area contributed by atoms with Gasteiger partial charge in [-0.2, -0.15) is 0 Å². The van der Waals surface area contributed by atoms with Crippen molar-refractivity contribution in [3.8, 4) is 0 Å². The Labute approximate surface area is 130 Å². The molecule has 0 fully saturated rings. The Kier molecular flexibility index (Phi) is 4.18. The smallest absolute Gasteiger partial charge is 0.0478 e. The molecule has 0 bridgehead atoms. The van der Waals surface area contributed by atoms with Crippen molar-refractivity contribution < 1.29 is 0 Å². The molecule has 0 nitrogen and oxygen atoms in total. The SMILES string of the molecule is Clc1ccccc1C=C(c1ccccc1)c1ccccc1. The largest absolute Gasteiger partial charge is 0.0837 e. The Morgan fingerprint density at radius 3 is 1.62 bits per heavy atom. The number of rotatable bonds is 3. The zero-order valence-corrected chi connectivity index (χ0v) is 12.3. The molecule has 1 heteroatoms. The van der Waals surface area contributed by atoms with Crippen LogP contribution in [0.4, 0.5) is 0 Å². The Hall–Kier alpha value is -2.31. The fourth-order valence-electron chi connectivity index (χ4n) is 2.32. The lowest BCUT2D eigenvalue weighted by atomic mass is 9.96. The molecule has 0 heterocycles. The van der Waals surface area contributed by atoms with Crippen LogP contribution in [-0.2, 0) is 0 Å². The van der Waals surface area contributed by atoms with Crippen LogP contribution in [-0.4, -0.2) is 0 Å². The van der Waals surface area contributed by atoms with Crippen LogP contribution in [0.5, 0.6) is 0 Å². The predicted octanol–water partition coefficient (Wildman–Crippen LogP) is 5.93. The molecule has 0 aliphatic heterocycles. The first-order valence-corrected chi connectivity index (χ1v) is 7.29. The Morgan fingerprint density at radius 1 is 0.619 bits per heavy atom. The highest BCUT2D eigenvalue weighted by molar-refractivity contribution is 6.32. The second kappa shape index (κ2) is 6.43. The highest BCUT2D eigenvalue weighted by atomic mass is 35.5. The summed E-state index contributed by atoms with van der Waals surface area (Å²) in [5, 5.41) is 0.766. The van der Waals surface area contributed by atoms with Gasteiger partial charge in [0.1, 0.15) is 0 Å². The van der Waals surface area contributed by atoms with Crippen LogP contribution in [0.3, 0.4) is 0 Å². The molecule has 3 aromatic rings. The Balaban J connectivity index is 2.16. The first kappa shape index (κ1) is 13.7. The van der Waals surface area contributed by atoms with Crippen molar-refractivity contribution in [2.75, 3.05) is 0 Å². The summed E-state index contributed by atoms with van der Waals surface area (Å²) in [5.41, 5.74) is 4.57. The number of halogens is 1. The second-order valence-electron chi connectivity index (χ2n) is 4.81. The first-order chi connectivity index (χ1) is 10.3. The normalized spacial score (nSPS) is 10.1. The van der Waals surface area contributed by atoms with Crippen LogP contribution in [0.2, 0.25) is 5.02 Å². The van der Waals surface area contributed by atoms with Gasteiger partial charge in [-0.15, -0.1) is 0 Å². The molecular formula is C20H15Cl. The highest BCUT2D eigenvalue weighted by Gasteiger charge is 2.05. The fraction of sp³-hybridized carbons (Fsp3) is 0. The molecule has 21 heavy (non-hydrogen) atoms. The molecule has 102 valence electrons. The van der Waals surface area contributed by atoms with Crippen molar-refractivity contribution in [1.82, 2.24) is 0 Å². The lowest BCUT2D eigenvalue weighted by Crippen LogP contribution is -1.88. The quantitative estimate of drug-likeness (QED) is 0.525. The molecule has 0 unspecified atom stereocenters. The Morgan fingerprint density at radius 2 is 1.10 bits per heavy atom. The summed E-state index contributed by atoms with van der Waals surface area (Å²) < 4.78 is 0. The third-order valence-electron chi connectivity index (χ3n) is 3.37. The number of hydrogen-bond donors (Lipinski definition) is 0. The average molecular weight is 291 g/mol. The molecule has 0 N–H and O–H groups in total. The highest BCUT2D eigenvalue weighted by Crippen LogP contribution is 2.28. The third-order valence-corrected chi connectivity index (χ3v) is 3.72.